The van der Waals surface area contributed by atoms with Crippen molar-refractivity contribution < 1.29 is 42.5 Å². The van der Waals surface area contributed by atoms with Crippen molar-refractivity contribution in [3.8, 4) is 5.75 Å². The Morgan fingerprint density at radius 3 is 2.41 bits per heavy atom. The van der Waals surface area contributed by atoms with Gasteiger partial charge in [0.25, 0.3) is 0 Å². The summed E-state index contributed by atoms with van der Waals surface area (Å²) in [5, 5.41) is 32.7. The van der Waals surface area contributed by atoms with E-state index in [2.05, 4.69) is 25.7 Å². The molecule has 16 nitrogen and oxygen atoms in total. The Bertz CT molecular complexity index is 2000. The van der Waals surface area contributed by atoms with E-state index in [9.17, 15) is 37.8 Å². The van der Waals surface area contributed by atoms with Crippen LogP contribution in [-0.2, 0) is 37.3 Å². The molecule has 3 unspecified atom stereocenters. The van der Waals surface area contributed by atoms with Crippen LogP contribution in [0.5, 0.6) is 5.75 Å². The summed E-state index contributed by atoms with van der Waals surface area (Å²) in [6.07, 6.45) is -0.793. The zero-order valence-corrected chi connectivity index (χ0v) is 36.5. The number of aliphatic hydroxyl groups excluding tert-OH is 1. The molecule has 3 aromatic rings. The quantitative estimate of drug-likeness (QED) is 0.0857. The highest BCUT2D eigenvalue weighted by atomic mass is 32.2. The predicted molar refractivity (Wildman–Crippen MR) is 225 cm³/mol. The first-order valence-corrected chi connectivity index (χ1v) is 22.2. The van der Waals surface area contributed by atoms with Gasteiger partial charge >= 0.3 is 12.1 Å². The molecule has 18 heteroatoms. The largest absolute Gasteiger partial charge is 0.506 e. The van der Waals surface area contributed by atoms with Gasteiger partial charge in [-0.15, -0.1) is 11.3 Å². The van der Waals surface area contributed by atoms with Crippen LogP contribution < -0.4 is 20.7 Å². The van der Waals surface area contributed by atoms with Gasteiger partial charge in [-0.3, -0.25) is 9.59 Å². The number of rotatable bonds is 20. The summed E-state index contributed by atoms with van der Waals surface area (Å²) in [4.78, 5) is 59.7. The van der Waals surface area contributed by atoms with E-state index in [4.69, 9.17) is 4.74 Å². The number of nitrogens with zero attached hydrogens (tertiary/aromatic N) is 3. The zero-order chi connectivity index (χ0) is 43.5. The minimum absolute atomic E-state index is 0.0535. The number of hydrogen-bond acceptors (Lipinski definition) is 11. The summed E-state index contributed by atoms with van der Waals surface area (Å²) in [5.74, 6) is -1.98. The number of thiazole rings is 1. The number of nitrogens with one attached hydrogen (secondary N) is 4. The molecule has 4 atom stereocenters. The lowest BCUT2D eigenvalue weighted by molar-refractivity contribution is -0.128. The molecule has 1 aliphatic rings. The van der Waals surface area contributed by atoms with Gasteiger partial charge in [-0.2, -0.15) is 0 Å². The van der Waals surface area contributed by atoms with E-state index in [1.54, 1.807) is 37.5 Å². The summed E-state index contributed by atoms with van der Waals surface area (Å²) in [6.45, 7) is 13.6. The molecule has 0 saturated carbocycles. The number of ether oxygens (including phenoxy) is 1. The molecule has 0 spiro atoms. The summed E-state index contributed by atoms with van der Waals surface area (Å²) >= 11 is 1.51. The second-order valence-electron chi connectivity index (χ2n) is 16.2. The Labute approximate surface area is 351 Å². The number of anilines is 1. The van der Waals surface area contributed by atoms with E-state index in [-0.39, 0.29) is 54.2 Å². The lowest BCUT2D eigenvalue weighted by atomic mass is 9.93. The van der Waals surface area contributed by atoms with Crippen LogP contribution in [0.15, 0.2) is 58.8 Å². The van der Waals surface area contributed by atoms with Crippen LogP contribution in [0.25, 0.3) is 0 Å². The second-order valence-corrected chi connectivity index (χ2v) is 19.1. The van der Waals surface area contributed by atoms with Gasteiger partial charge in [0, 0.05) is 38.0 Å². The molecule has 1 saturated heterocycles. The number of carbonyl (C=O) groups is 4. The predicted octanol–water partition coefficient (Wildman–Crippen LogP) is 4.76. The minimum Gasteiger partial charge on any atom is -0.506 e. The number of benzene rings is 2. The zero-order valence-electron chi connectivity index (χ0n) is 34.9. The monoisotopic (exact) mass is 857 g/mol. The molecule has 324 valence electrons. The Morgan fingerprint density at radius 2 is 1.76 bits per heavy atom. The summed E-state index contributed by atoms with van der Waals surface area (Å²) < 4.78 is 34.6. The number of phenols is 1. The van der Waals surface area contributed by atoms with Crippen LogP contribution in [0, 0.1) is 18.8 Å². The molecule has 0 aliphatic carbocycles. The van der Waals surface area contributed by atoms with Crippen molar-refractivity contribution in [3.63, 3.8) is 0 Å². The summed E-state index contributed by atoms with van der Waals surface area (Å²) in [6, 6.07) is 11.2. The Morgan fingerprint density at radius 1 is 1.05 bits per heavy atom. The van der Waals surface area contributed by atoms with E-state index in [1.807, 2.05) is 56.5 Å². The number of sulfonamides is 1. The summed E-state index contributed by atoms with van der Waals surface area (Å²) in [7, 11) is -4.16. The molecule has 1 aliphatic heterocycles. The molecule has 59 heavy (non-hydrogen) atoms. The van der Waals surface area contributed by atoms with E-state index >= 15 is 0 Å². The van der Waals surface area contributed by atoms with Crippen LogP contribution in [0.4, 0.5) is 15.3 Å². The number of aliphatic hydroxyl groups is 1. The van der Waals surface area contributed by atoms with E-state index in [1.165, 1.54) is 17.4 Å². The number of urea groups is 1. The molecular formula is C41H59N7O9S2. The van der Waals surface area contributed by atoms with Gasteiger partial charge in [-0.05, 0) is 82.6 Å². The van der Waals surface area contributed by atoms with Gasteiger partial charge in [-0.1, -0.05) is 51.1 Å². The molecule has 4 rings (SSSR count). The Balaban J connectivity index is 1.41. The van der Waals surface area contributed by atoms with Crippen molar-refractivity contribution in [2.24, 2.45) is 11.8 Å². The fraction of sp³-hybridized carbons (Fsp3) is 0.537. The first-order valence-electron chi connectivity index (χ1n) is 19.8. The maximum Gasteiger partial charge on any atom is 0.407 e. The number of alkyl carbamates (subject to hydrolysis) is 1. The Hall–Kier alpha value is -4.78. The SMILES string of the molecule is Cc1nc(CN2CCN(C(C(=O)NC(C[C@@H](C)CNS(=O)(=O)c3ccc(O)c(NC(=O)CCNC(=O)OC(C)(C)C)c3)C(O)CCc3ccccc3)C(C)C)C2=O)cs1. The van der Waals surface area contributed by atoms with Crippen LogP contribution in [0.2, 0.25) is 0 Å². The molecular weight excluding hydrogens is 799 g/mol. The van der Waals surface area contributed by atoms with Crippen LogP contribution in [-0.4, -0.2) is 107 Å². The molecule has 0 bridgehead atoms. The number of phenolic OH excluding ortho intramolecular Hbond substituents is 1. The molecule has 2 aromatic carbocycles. The average molecular weight is 858 g/mol. The highest BCUT2D eigenvalue weighted by Gasteiger charge is 2.40. The summed E-state index contributed by atoms with van der Waals surface area (Å²) in [5.41, 5.74) is 0.955. The first-order chi connectivity index (χ1) is 27.7. The Kier molecular flexibility index (Phi) is 16.7. The average Bonchev–Trinajstić information content (AvgIpc) is 3.73. The van der Waals surface area contributed by atoms with Gasteiger partial charge in [0.15, 0.2) is 0 Å². The first kappa shape index (κ1) is 46.9. The van der Waals surface area contributed by atoms with E-state index < -0.39 is 57.6 Å². The van der Waals surface area contributed by atoms with E-state index in [0.29, 0.717) is 32.5 Å². The smallest absolute Gasteiger partial charge is 0.407 e. The van der Waals surface area contributed by atoms with Crippen molar-refractivity contribution in [2.75, 3.05) is 31.5 Å². The number of carbonyl (C=O) groups excluding carboxylic acids is 4. The van der Waals surface area contributed by atoms with Gasteiger partial charge in [0.05, 0.1) is 40.0 Å². The topological polar surface area (TPSA) is 220 Å². The molecule has 6 N–H and O–H groups in total. The van der Waals surface area contributed by atoms with Gasteiger partial charge in [0.1, 0.15) is 17.4 Å². The third-order valence-electron chi connectivity index (χ3n) is 9.60. The van der Waals surface area contributed by atoms with Crippen molar-refractivity contribution in [3.05, 3.63) is 70.2 Å². The molecule has 2 heterocycles. The lowest BCUT2D eigenvalue weighted by Crippen LogP contribution is -2.55. The third-order valence-corrected chi connectivity index (χ3v) is 11.8. The van der Waals surface area contributed by atoms with Gasteiger partial charge < -0.3 is 40.7 Å². The minimum atomic E-state index is -4.16. The fourth-order valence-electron chi connectivity index (χ4n) is 6.67. The van der Waals surface area contributed by atoms with Crippen molar-refractivity contribution >= 4 is 51.0 Å². The number of aromatic hydroxyl groups is 1. The van der Waals surface area contributed by atoms with Crippen molar-refractivity contribution in [2.45, 2.75) is 109 Å². The van der Waals surface area contributed by atoms with Crippen molar-refractivity contribution in [1.29, 1.82) is 0 Å². The molecule has 5 amide bonds. The molecule has 1 fully saturated rings. The second kappa shape index (κ2) is 21.0. The van der Waals surface area contributed by atoms with Crippen LogP contribution in [0.3, 0.4) is 0 Å². The number of aryl methyl sites for hydroxylation is 2. The highest BCUT2D eigenvalue weighted by Crippen LogP contribution is 2.27. The maximum atomic E-state index is 14.1. The fourth-order valence-corrected chi connectivity index (χ4v) is 8.46. The number of amides is 5. The third kappa shape index (κ3) is 14.5. The van der Waals surface area contributed by atoms with Crippen LogP contribution >= 0.6 is 11.3 Å². The van der Waals surface area contributed by atoms with E-state index in [0.717, 1.165) is 28.4 Å². The maximum absolute atomic E-state index is 14.1. The highest BCUT2D eigenvalue weighted by molar-refractivity contribution is 7.89. The van der Waals surface area contributed by atoms with Gasteiger partial charge in [0.2, 0.25) is 21.8 Å². The number of aromatic nitrogens is 1. The van der Waals surface area contributed by atoms with Crippen molar-refractivity contribution in [1.82, 2.24) is 30.1 Å². The number of hydrogen-bond donors (Lipinski definition) is 6. The molecule has 0 radical (unpaired) electrons. The van der Waals surface area contributed by atoms with Crippen LogP contribution in [0.1, 0.15) is 77.1 Å². The lowest BCUT2D eigenvalue weighted by Gasteiger charge is -2.33. The standard InChI is InChI=1S/C41H59N7O9S2/c1-26(2)37(48-20-19-47(40(48)54)24-30-25-58-28(4)44-30)38(52)46-32(34(49)15-13-29-11-9-8-10-12-29)21-27(3)23-43-59(55,56)31-14-16-35(50)33(22-31)45-36(51)17-18-42-39(53)57-41(5,6)7/h8-12,14,16,22,25-27,32,34,37,43,49-50H,13,15,17-21,23-24H2,1-7H3,(H,42,53)(H,45,51)(H,46,52)/t27-,32?,34?,37?/m1/s1. The normalized spacial score (nSPS) is 15.4. The molecule has 1 aromatic heterocycles. The van der Waals surface area contributed by atoms with Gasteiger partial charge in [-0.25, -0.2) is 27.7 Å².